The van der Waals surface area contributed by atoms with Gasteiger partial charge in [0.2, 0.25) is 0 Å². The number of halogens is 2. The Morgan fingerprint density at radius 1 is 1.33 bits per heavy atom. The number of nitrogens with one attached hydrogen (secondary N) is 1. The number of thioether (sulfide) groups is 1. The molecule has 100 valence electrons. The molecule has 0 unspecified atom stereocenters. The van der Waals surface area contributed by atoms with Crippen molar-refractivity contribution in [2.45, 2.75) is 6.42 Å². The fourth-order valence-electron chi connectivity index (χ4n) is 1.27. The Morgan fingerprint density at radius 3 is 2.78 bits per heavy atom. The summed E-state index contributed by atoms with van der Waals surface area (Å²) < 4.78 is 25.9. The Balaban J connectivity index is 2.32. The molecule has 2 N–H and O–H groups in total. The number of hydrogen-bond donors (Lipinski definition) is 2. The van der Waals surface area contributed by atoms with E-state index in [0.717, 1.165) is 17.9 Å². The summed E-state index contributed by atoms with van der Waals surface area (Å²) in [5.41, 5.74) is -0.156. The van der Waals surface area contributed by atoms with Gasteiger partial charge in [-0.2, -0.15) is 11.8 Å². The first-order valence-corrected chi connectivity index (χ1v) is 6.72. The Labute approximate surface area is 109 Å². The maximum absolute atomic E-state index is 13.2. The van der Waals surface area contributed by atoms with Gasteiger partial charge in [0.15, 0.2) is 0 Å². The van der Waals surface area contributed by atoms with Crippen molar-refractivity contribution in [2.75, 3.05) is 24.7 Å². The zero-order valence-corrected chi connectivity index (χ0v) is 10.6. The van der Waals surface area contributed by atoms with Crippen molar-refractivity contribution in [1.29, 1.82) is 0 Å². The molecule has 0 aliphatic heterocycles. The largest absolute Gasteiger partial charge is 0.396 e. The molecular formula is C12H15F2NO2S. The summed E-state index contributed by atoms with van der Waals surface area (Å²) in [6, 6.07) is 2.86. The van der Waals surface area contributed by atoms with Gasteiger partial charge in [0.1, 0.15) is 11.6 Å². The van der Waals surface area contributed by atoms with Crippen LogP contribution in [0.2, 0.25) is 0 Å². The highest BCUT2D eigenvalue weighted by Crippen LogP contribution is 2.09. The number of aliphatic hydroxyl groups is 1. The van der Waals surface area contributed by atoms with Crippen LogP contribution in [0.1, 0.15) is 16.8 Å². The van der Waals surface area contributed by atoms with Crippen LogP contribution in [0, 0.1) is 11.6 Å². The fraction of sp³-hybridized carbons (Fsp3) is 0.417. The highest BCUT2D eigenvalue weighted by molar-refractivity contribution is 7.99. The van der Waals surface area contributed by atoms with Crippen molar-refractivity contribution in [2.24, 2.45) is 0 Å². The highest BCUT2D eigenvalue weighted by atomic mass is 32.2. The lowest BCUT2D eigenvalue weighted by Gasteiger charge is -2.06. The predicted octanol–water partition coefficient (Wildman–Crippen LogP) is 1.81. The fourth-order valence-corrected chi connectivity index (χ4v) is 2.06. The van der Waals surface area contributed by atoms with Crippen LogP contribution >= 0.6 is 11.8 Å². The average molecular weight is 275 g/mol. The molecule has 0 heterocycles. The van der Waals surface area contributed by atoms with E-state index in [9.17, 15) is 13.6 Å². The minimum Gasteiger partial charge on any atom is -0.396 e. The van der Waals surface area contributed by atoms with Gasteiger partial charge in [-0.05, 0) is 24.3 Å². The summed E-state index contributed by atoms with van der Waals surface area (Å²) in [4.78, 5) is 11.5. The van der Waals surface area contributed by atoms with E-state index in [1.54, 1.807) is 11.8 Å². The Bertz CT molecular complexity index is 402. The zero-order valence-electron chi connectivity index (χ0n) is 9.79. The number of benzene rings is 1. The van der Waals surface area contributed by atoms with Gasteiger partial charge >= 0.3 is 0 Å². The predicted molar refractivity (Wildman–Crippen MR) is 67.7 cm³/mol. The summed E-state index contributed by atoms with van der Waals surface area (Å²) >= 11 is 1.59. The lowest BCUT2D eigenvalue weighted by Crippen LogP contribution is -2.26. The van der Waals surface area contributed by atoms with E-state index in [4.69, 9.17) is 5.11 Å². The maximum Gasteiger partial charge on any atom is 0.254 e. The van der Waals surface area contributed by atoms with Crippen molar-refractivity contribution < 1.29 is 18.7 Å². The third kappa shape index (κ3) is 5.01. The topological polar surface area (TPSA) is 49.3 Å². The summed E-state index contributed by atoms with van der Waals surface area (Å²) in [6.07, 6.45) is 0.713. The summed E-state index contributed by atoms with van der Waals surface area (Å²) in [6.45, 7) is 0.561. The molecule has 1 rings (SSSR count). The standard InChI is InChI=1S/C12H15F2NO2S/c13-9-2-3-10(11(14)8-9)12(17)15-4-7-18-6-1-5-16/h2-3,8,16H,1,4-7H2,(H,15,17). The minimum absolute atomic E-state index is 0.153. The molecular weight excluding hydrogens is 260 g/mol. The second kappa shape index (κ2) is 8.05. The second-order valence-electron chi connectivity index (χ2n) is 3.57. The molecule has 0 fully saturated rings. The van der Waals surface area contributed by atoms with Crippen molar-refractivity contribution in [3.63, 3.8) is 0 Å². The molecule has 6 heteroatoms. The average Bonchev–Trinajstić information content (AvgIpc) is 2.33. The van der Waals surface area contributed by atoms with E-state index in [-0.39, 0.29) is 12.2 Å². The monoisotopic (exact) mass is 275 g/mol. The Kier molecular flexibility index (Phi) is 6.67. The van der Waals surface area contributed by atoms with Gasteiger partial charge in [-0.1, -0.05) is 0 Å². The van der Waals surface area contributed by atoms with Crippen LogP contribution in [-0.2, 0) is 0 Å². The molecule has 0 saturated heterocycles. The lowest BCUT2D eigenvalue weighted by atomic mass is 10.2. The van der Waals surface area contributed by atoms with Crippen LogP contribution in [0.5, 0.6) is 0 Å². The van der Waals surface area contributed by atoms with Gasteiger partial charge < -0.3 is 10.4 Å². The molecule has 0 spiro atoms. The number of amides is 1. The smallest absolute Gasteiger partial charge is 0.254 e. The second-order valence-corrected chi connectivity index (χ2v) is 4.79. The number of carbonyl (C=O) groups excluding carboxylic acids is 1. The highest BCUT2D eigenvalue weighted by Gasteiger charge is 2.11. The lowest BCUT2D eigenvalue weighted by molar-refractivity contribution is 0.0952. The van der Waals surface area contributed by atoms with E-state index in [1.807, 2.05) is 0 Å². The molecule has 1 amide bonds. The van der Waals surface area contributed by atoms with Crippen LogP contribution < -0.4 is 5.32 Å². The summed E-state index contributed by atoms with van der Waals surface area (Å²) in [7, 11) is 0. The van der Waals surface area contributed by atoms with E-state index in [0.29, 0.717) is 24.8 Å². The van der Waals surface area contributed by atoms with Gasteiger partial charge in [-0.25, -0.2) is 8.78 Å². The first-order chi connectivity index (χ1) is 8.65. The maximum atomic E-state index is 13.2. The Hall–Kier alpha value is -1.14. The number of rotatable bonds is 7. The number of carbonyl (C=O) groups is 1. The van der Waals surface area contributed by atoms with E-state index in [2.05, 4.69) is 5.32 Å². The summed E-state index contributed by atoms with van der Waals surface area (Å²) in [5, 5.41) is 11.1. The van der Waals surface area contributed by atoms with E-state index in [1.165, 1.54) is 0 Å². The molecule has 1 aromatic rings. The van der Waals surface area contributed by atoms with Crippen molar-refractivity contribution >= 4 is 17.7 Å². The molecule has 1 aromatic carbocycles. The van der Waals surface area contributed by atoms with Gasteiger partial charge in [0.05, 0.1) is 5.56 Å². The quantitative estimate of drug-likeness (QED) is 0.746. The first-order valence-electron chi connectivity index (χ1n) is 5.57. The molecule has 0 aliphatic rings. The van der Waals surface area contributed by atoms with Crippen molar-refractivity contribution in [3.8, 4) is 0 Å². The van der Waals surface area contributed by atoms with Crippen molar-refractivity contribution in [3.05, 3.63) is 35.4 Å². The molecule has 0 aromatic heterocycles. The van der Waals surface area contributed by atoms with Crippen molar-refractivity contribution in [1.82, 2.24) is 5.32 Å². The number of aliphatic hydroxyl groups excluding tert-OH is 1. The first kappa shape index (κ1) is 14.9. The van der Waals surface area contributed by atoms with Crippen LogP contribution in [-0.4, -0.2) is 35.7 Å². The van der Waals surface area contributed by atoms with Crippen LogP contribution in [0.3, 0.4) is 0 Å². The number of hydrogen-bond acceptors (Lipinski definition) is 3. The third-order valence-corrected chi connectivity index (χ3v) is 3.22. The van der Waals surface area contributed by atoms with Crippen LogP contribution in [0.15, 0.2) is 18.2 Å². The van der Waals surface area contributed by atoms with Crippen LogP contribution in [0.4, 0.5) is 8.78 Å². The van der Waals surface area contributed by atoms with Gasteiger partial charge in [0.25, 0.3) is 5.91 Å². The molecule has 0 atom stereocenters. The molecule has 0 saturated carbocycles. The van der Waals surface area contributed by atoms with Gasteiger partial charge in [-0.15, -0.1) is 0 Å². The van der Waals surface area contributed by atoms with E-state index >= 15 is 0 Å². The minimum atomic E-state index is -0.861. The van der Waals surface area contributed by atoms with Gasteiger partial charge in [0, 0.05) is 25.0 Å². The molecule has 3 nitrogen and oxygen atoms in total. The Morgan fingerprint density at radius 2 is 2.11 bits per heavy atom. The normalized spacial score (nSPS) is 10.4. The van der Waals surface area contributed by atoms with E-state index < -0.39 is 17.5 Å². The molecule has 0 aliphatic carbocycles. The molecule has 18 heavy (non-hydrogen) atoms. The zero-order chi connectivity index (χ0) is 13.4. The molecule has 0 bridgehead atoms. The van der Waals surface area contributed by atoms with Gasteiger partial charge in [-0.3, -0.25) is 4.79 Å². The SMILES string of the molecule is O=C(NCCSCCCO)c1ccc(F)cc1F. The summed E-state index contributed by atoms with van der Waals surface area (Å²) in [5.74, 6) is -0.606. The third-order valence-electron chi connectivity index (χ3n) is 2.15. The molecule has 0 radical (unpaired) electrons. The van der Waals surface area contributed by atoms with Crippen LogP contribution in [0.25, 0.3) is 0 Å².